The minimum atomic E-state index is -4.33. The van der Waals surface area contributed by atoms with E-state index in [0.29, 0.717) is 11.3 Å². The summed E-state index contributed by atoms with van der Waals surface area (Å²) in [7, 11) is 0. The van der Waals surface area contributed by atoms with Gasteiger partial charge in [-0.25, -0.2) is 0 Å². The fourth-order valence-corrected chi connectivity index (χ4v) is 1.76. The van der Waals surface area contributed by atoms with Crippen molar-refractivity contribution in [2.24, 2.45) is 0 Å². The Labute approximate surface area is 115 Å². The Morgan fingerprint density at radius 1 is 0.950 bits per heavy atom. The summed E-state index contributed by atoms with van der Waals surface area (Å²) >= 11 is 0. The number of halogens is 3. The van der Waals surface area contributed by atoms with Gasteiger partial charge in [0.2, 0.25) is 0 Å². The Hall–Kier alpha value is -2.23. The standard InChI is InChI=1S/C16H13F3O/c1-2-15(20-14-6-4-3-5-7-14)12-8-10-13(11-9-12)16(17,18)19/h2-11,15H,1H2/t15-/m0/s1. The molecule has 2 rings (SSSR count). The van der Waals surface area contributed by atoms with E-state index in [1.54, 1.807) is 18.2 Å². The van der Waals surface area contributed by atoms with Crippen molar-refractivity contribution in [2.45, 2.75) is 12.3 Å². The largest absolute Gasteiger partial charge is 0.482 e. The SMILES string of the molecule is C=C[C@H](Oc1ccccc1)c1ccc(C(F)(F)F)cc1. The minimum Gasteiger partial charge on any atom is -0.482 e. The van der Waals surface area contributed by atoms with Crippen molar-refractivity contribution in [3.63, 3.8) is 0 Å². The molecule has 0 aliphatic heterocycles. The highest BCUT2D eigenvalue weighted by atomic mass is 19.4. The lowest BCUT2D eigenvalue weighted by Gasteiger charge is -2.16. The molecular weight excluding hydrogens is 265 g/mol. The van der Waals surface area contributed by atoms with Gasteiger partial charge in [-0.1, -0.05) is 36.9 Å². The molecule has 0 unspecified atom stereocenters. The van der Waals surface area contributed by atoms with E-state index in [1.165, 1.54) is 12.1 Å². The fourth-order valence-electron chi connectivity index (χ4n) is 1.76. The van der Waals surface area contributed by atoms with Gasteiger partial charge in [0.1, 0.15) is 11.9 Å². The highest BCUT2D eigenvalue weighted by molar-refractivity contribution is 5.30. The van der Waals surface area contributed by atoms with Crippen molar-refractivity contribution < 1.29 is 17.9 Å². The molecule has 0 heterocycles. The van der Waals surface area contributed by atoms with E-state index in [-0.39, 0.29) is 0 Å². The van der Waals surface area contributed by atoms with Crippen LogP contribution in [0.4, 0.5) is 13.2 Å². The summed E-state index contributed by atoms with van der Waals surface area (Å²) in [5.74, 6) is 0.636. The van der Waals surface area contributed by atoms with E-state index in [0.717, 1.165) is 12.1 Å². The van der Waals surface area contributed by atoms with Crippen molar-refractivity contribution in [3.8, 4) is 5.75 Å². The zero-order chi connectivity index (χ0) is 14.6. The molecule has 104 valence electrons. The second-order valence-electron chi connectivity index (χ2n) is 4.21. The molecule has 4 heteroatoms. The summed E-state index contributed by atoms with van der Waals surface area (Å²) in [6.45, 7) is 3.66. The Kier molecular flexibility index (Phi) is 4.13. The average Bonchev–Trinajstić information content (AvgIpc) is 2.45. The molecule has 2 aromatic carbocycles. The summed E-state index contributed by atoms with van der Waals surface area (Å²) in [5, 5.41) is 0. The van der Waals surface area contributed by atoms with Crippen LogP contribution >= 0.6 is 0 Å². The maximum atomic E-state index is 12.5. The van der Waals surface area contributed by atoms with Crippen molar-refractivity contribution in [3.05, 3.63) is 78.4 Å². The van der Waals surface area contributed by atoms with Gasteiger partial charge in [0.25, 0.3) is 0 Å². The molecule has 2 aromatic rings. The van der Waals surface area contributed by atoms with Gasteiger partial charge in [0, 0.05) is 0 Å². The molecule has 0 saturated carbocycles. The molecule has 0 saturated heterocycles. The summed E-state index contributed by atoms with van der Waals surface area (Å²) in [6, 6.07) is 13.9. The maximum absolute atomic E-state index is 12.5. The van der Waals surface area contributed by atoms with Crippen molar-refractivity contribution in [2.75, 3.05) is 0 Å². The second kappa shape index (κ2) is 5.82. The van der Waals surface area contributed by atoms with Gasteiger partial charge >= 0.3 is 6.18 Å². The molecule has 0 amide bonds. The van der Waals surface area contributed by atoms with Crippen molar-refractivity contribution >= 4 is 0 Å². The van der Waals surface area contributed by atoms with Gasteiger partial charge in [-0.3, -0.25) is 0 Å². The van der Waals surface area contributed by atoms with Crippen LogP contribution in [0.5, 0.6) is 5.75 Å². The van der Waals surface area contributed by atoms with Gasteiger partial charge in [-0.2, -0.15) is 13.2 Å². The molecule has 0 bridgehead atoms. The number of hydrogen-bond donors (Lipinski definition) is 0. The average molecular weight is 278 g/mol. The highest BCUT2D eigenvalue weighted by Gasteiger charge is 2.30. The number of benzene rings is 2. The molecule has 0 N–H and O–H groups in total. The first-order chi connectivity index (χ1) is 9.50. The Morgan fingerprint density at radius 2 is 1.55 bits per heavy atom. The predicted octanol–water partition coefficient (Wildman–Crippen LogP) is 5.01. The molecule has 0 aliphatic rings. The molecule has 0 fully saturated rings. The van der Waals surface area contributed by atoms with E-state index >= 15 is 0 Å². The third kappa shape index (κ3) is 3.41. The van der Waals surface area contributed by atoms with Crippen molar-refractivity contribution in [1.82, 2.24) is 0 Å². The monoisotopic (exact) mass is 278 g/mol. The first kappa shape index (κ1) is 14.2. The summed E-state index contributed by atoms with van der Waals surface area (Å²) < 4.78 is 43.2. The van der Waals surface area contributed by atoms with Gasteiger partial charge < -0.3 is 4.74 Å². The molecule has 0 aliphatic carbocycles. The lowest BCUT2D eigenvalue weighted by Crippen LogP contribution is -2.07. The van der Waals surface area contributed by atoms with Crippen LogP contribution in [0.25, 0.3) is 0 Å². The number of ether oxygens (including phenoxy) is 1. The number of hydrogen-bond acceptors (Lipinski definition) is 1. The quantitative estimate of drug-likeness (QED) is 0.714. The van der Waals surface area contributed by atoms with Crippen LogP contribution in [0, 0.1) is 0 Å². The van der Waals surface area contributed by atoms with Crippen LogP contribution in [-0.2, 0) is 6.18 Å². The van der Waals surface area contributed by atoms with Crippen LogP contribution in [0.15, 0.2) is 67.3 Å². The van der Waals surface area contributed by atoms with E-state index in [2.05, 4.69) is 6.58 Å². The predicted molar refractivity (Wildman–Crippen MR) is 71.5 cm³/mol. The van der Waals surface area contributed by atoms with Crippen LogP contribution in [0.2, 0.25) is 0 Å². The fraction of sp³-hybridized carbons (Fsp3) is 0.125. The molecule has 1 nitrogen and oxygen atoms in total. The summed E-state index contributed by atoms with van der Waals surface area (Å²) in [5.41, 5.74) is -0.0550. The van der Waals surface area contributed by atoms with Gasteiger partial charge in [-0.15, -0.1) is 0 Å². The van der Waals surface area contributed by atoms with E-state index in [9.17, 15) is 13.2 Å². The van der Waals surface area contributed by atoms with Gasteiger partial charge in [0.05, 0.1) is 5.56 Å². The lowest BCUT2D eigenvalue weighted by molar-refractivity contribution is -0.137. The summed E-state index contributed by atoms with van der Waals surface area (Å²) in [6.07, 6.45) is -3.27. The van der Waals surface area contributed by atoms with Crippen LogP contribution < -0.4 is 4.74 Å². The smallest absolute Gasteiger partial charge is 0.416 e. The van der Waals surface area contributed by atoms with Gasteiger partial charge in [-0.05, 0) is 35.9 Å². The Balaban J connectivity index is 2.18. The van der Waals surface area contributed by atoms with Crippen molar-refractivity contribution in [1.29, 1.82) is 0 Å². The minimum absolute atomic E-state index is 0.486. The number of alkyl halides is 3. The lowest BCUT2D eigenvalue weighted by atomic mass is 10.1. The maximum Gasteiger partial charge on any atom is 0.416 e. The van der Waals surface area contributed by atoms with E-state index in [4.69, 9.17) is 4.74 Å². The number of rotatable bonds is 4. The zero-order valence-electron chi connectivity index (χ0n) is 10.6. The Morgan fingerprint density at radius 3 is 2.05 bits per heavy atom. The second-order valence-corrected chi connectivity index (χ2v) is 4.21. The third-order valence-corrected chi connectivity index (χ3v) is 2.79. The Bertz CT molecular complexity index is 559. The van der Waals surface area contributed by atoms with Crippen LogP contribution in [0.3, 0.4) is 0 Å². The topological polar surface area (TPSA) is 9.23 Å². The summed E-state index contributed by atoms with van der Waals surface area (Å²) in [4.78, 5) is 0. The third-order valence-electron chi connectivity index (χ3n) is 2.79. The first-order valence-electron chi connectivity index (χ1n) is 6.02. The van der Waals surface area contributed by atoms with Crippen LogP contribution in [0.1, 0.15) is 17.2 Å². The molecule has 20 heavy (non-hydrogen) atoms. The zero-order valence-corrected chi connectivity index (χ0v) is 10.6. The van der Waals surface area contributed by atoms with Crippen LogP contribution in [-0.4, -0.2) is 0 Å². The molecule has 0 radical (unpaired) electrons. The normalized spacial score (nSPS) is 12.8. The molecule has 0 spiro atoms. The first-order valence-corrected chi connectivity index (χ1v) is 6.02. The van der Waals surface area contributed by atoms with E-state index in [1.807, 2.05) is 18.2 Å². The van der Waals surface area contributed by atoms with E-state index < -0.39 is 17.8 Å². The molecular formula is C16H13F3O. The molecule has 1 atom stereocenters. The van der Waals surface area contributed by atoms with Gasteiger partial charge in [0.15, 0.2) is 0 Å². The molecule has 0 aromatic heterocycles. The number of para-hydroxylation sites is 1. The highest BCUT2D eigenvalue weighted by Crippen LogP contribution is 2.31.